The third-order valence-corrected chi connectivity index (χ3v) is 5.07. The van der Waals surface area contributed by atoms with E-state index in [2.05, 4.69) is 29.0 Å². The molecule has 0 aromatic heterocycles. The number of likely N-dealkylation sites (tertiary alicyclic amines) is 2. The first-order valence-electron chi connectivity index (χ1n) is 9.51. The fourth-order valence-corrected chi connectivity index (χ4v) is 3.75. The van der Waals surface area contributed by atoms with Crippen molar-refractivity contribution in [3.05, 3.63) is 0 Å². The van der Waals surface area contributed by atoms with Crippen LogP contribution in [0.1, 0.15) is 39.5 Å². The topological polar surface area (TPSA) is 40.1 Å². The Morgan fingerprint density at radius 3 is 2.52 bits per heavy atom. The average molecular weight is 325 g/mol. The molecule has 2 rings (SSSR count). The van der Waals surface area contributed by atoms with E-state index in [1.54, 1.807) is 7.11 Å². The summed E-state index contributed by atoms with van der Waals surface area (Å²) in [7, 11) is 1.80. The monoisotopic (exact) mass is 324 g/mol. The van der Waals surface area contributed by atoms with Crippen molar-refractivity contribution < 1.29 is 4.74 Å². The van der Waals surface area contributed by atoms with Crippen LogP contribution in [0.2, 0.25) is 0 Å². The molecule has 2 saturated heterocycles. The Kier molecular flexibility index (Phi) is 8.17. The Bertz CT molecular complexity index is 353. The third-order valence-electron chi connectivity index (χ3n) is 5.07. The summed E-state index contributed by atoms with van der Waals surface area (Å²) in [5.74, 6) is 2.53. The lowest BCUT2D eigenvalue weighted by Gasteiger charge is -2.31. The van der Waals surface area contributed by atoms with Crippen molar-refractivity contribution in [3.8, 4) is 0 Å². The highest BCUT2D eigenvalue weighted by Gasteiger charge is 2.25. The Balaban J connectivity index is 1.80. The molecule has 2 aliphatic heterocycles. The molecule has 0 bridgehead atoms. The van der Waals surface area contributed by atoms with Crippen LogP contribution in [-0.4, -0.2) is 75.3 Å². The van der Waals surface area contributed by atoms with Gasteiger partial charge in [0.2, 0.25) is 0 Å². The maximum Gasteiger partial charge on any atom is 0.193 e. The van der Waals surface area contributed by atoms with Gasteiger partial charge in [-0.25, -0.2) is 0 Å². The Morgan fingerprint density at radius 2 is 1.87 bits per heavy atom. The zero-order valence-electron chi connectivity index (χ0n) is 15.4. The summed E-state index contributed by atoms with van der Waals surface area (Å²) in [4.78, 5) is 9.97. The zero-order chi connectivity index (χ0) is 16.5. The van der Waals surface area contributed by atoms with Crippen LogP contribution in [0, 0.1) is 11.8 Å². The van der Waals surface area contributed by atoms with Crippen molar-refractivity contribution in [3.63, 3.8) is 0 Å². The quantitative estimate of drug-likeness (QED) is 0.575. The van der Waals surface area contributed by atoms with E-state index in [4.69, 9.17) is 9.73 Å². The second-order valence-corrected chi connectivity index (χ2v) is 7.04. The van der Waals surface area contributed by atoms with Crippen LogP contribution in [0.15, 0.2) is 4.99 Å². The van der Waals surface area contributed by atoms with E-state index in [0.29, 0.717) is 5.92 Å². The van der Waals surface area contributed by atoms with E-state index in [9.17, 15) is 0 Å². The predicted octanol–water partition coefficient (Wildman–Crippen LogP) is 2.04. The van der Waals surface area contributed by atoms with Gasteiger partial charge in [0.1, 0.15) is 0 Å². The minimum absolute atomic E-state index is 0.654. The standard InChI is InChI=1S/C18H36N4O/c1-4-9-21-10-6-16(7-11-21)13-20-18(19-5-2)22-12-8-17(14-22)15-23-3/h16-17H,4-15H2,1-3H3,(H,19,20). The lowest BCUT2D eigenvalue weighted by Crippen LogP contribution is -2.41. The number of rotatable bonds is 7. The van der Waals surface area contributed by atoms with Crippen molar-refractivity contribution in [1.82, 2.24) is 15.1 Å². The number of methoxy groups -OCH3 is 1. The zero-order valence-corrected chi connectivity index (χ0v) is 15.4. The summed E-state index contributed by atoms with van der Waals surface area (Å²) in [6, 6.07) is 0. The van der Waals surface area contributed by atoms with E-state index in [-0.39, 0.29) is 0 Å². The van der Waals surface area contributed by atoms with Crippen molar-refractivity contribution >= 4 is 5.96 Å². The van der Waals surface area contributed by atoms with Gasteiger partial charge in [0.15, 0.2) is 5.96 Å². The van der Waals surface area contributed by atoms with E-state index in [1.165, 1.54) is 45.3 Å². The van der Waals surface area contributed by atoms with Crippen molar-refractivity contribution in [2.75, 3.05) is 59.5 Å². The largest absolute Gasteiger partial charge is 0.384 e. The van der Waals surface area contributed by atoms with Gasteiger partial charge in [0.25, 0.3) is 0 Å². The Labute approximate surface area is 142 Å². The van der Waals surface area contributed by atoms with Gasteiger partial charge in [0, 0.05) is 39.2 Å². The molecule has 0 aliphatic carbocycles. The SMILES string of the molecule is CCCN1CCC(CN=C(NCC)N2CCC(COC)C2)CC1. The van der Waals surface area contributed by atoms with Crippen LogP contribution in [0.5, 0.6) is 0 Å². The average Bonchev–Trinajstić information content (AvgIpc) is 3.02. The van der Waals surface area contributed by atoms with Crippen LogP contribution in [0.25, 0.3) is 0 Å². The van der Waals surface area contributed by atoms with E-state index < -0.39 is 0 Å². The molecule has 2 fully saturated rings. The highest BCUT2D eigenvalue weighted by atomic mass is 16.5. The molecule has 5 nitrogen and oxygen atoms in total. The van der Waals surface area contributed by atoms with Crippen molar-refractivity contribution in [2.24, 2.45) is 16.8 Å². The molecular weight excluding hydrogens is 288 g/mol. The molecular formula is C18H36N4O. The van der Waals surface area contributed by atoms with Gasteiger partial charge in [-0.05, 0) is 58.2 Å². The Morgan fingerprint density at radius 1 is 1.13 bits per heavy atom. The highest BCUT2D eigenvalue weighted by Crippen LogP contribution is 2.19. The van der Waals surface area contributed by atoms with Crippen LogP contribution in [0.4, 0.5) is 0 Å². The number of hydrogen-bond donors (Lipinski definition) is 1. The summed E-state index contributed by atoms with van der Waals surface area (Å²) < 4.78 is 5.31. The third kappa shape index (κ3) is 5.96. The molecule has 5 heteroatoms. The molecule has 0 saturated carbocycles. The smallest absolute Gasteiger partial charge is 0.193 e. The first kappa shape index (κ1) is 18.5. The lowest BCUT2D eigenvalue weighted by molar-refractivity contribution is 0.157. The molecule has 2 aliphatic rings. The van der Waals surface area contributed by atoms with Gasteiger partial charge in [-0.3, -0.25) is 4.99 Å². The van der Waals surface area contributed by atoms with Crippen molar-refractivity contribution in [1.29, 1.82) is 0 Å². The fourth-order valence-electron chi connectivity index (χ4n) is 3.75. The van der Waals surface area contributed by atoms with Gasteiger partial charge < -0.3 is 19.9 Å². The van der Waals surface area contributed by atoms with Crippen LogP contribution in [0.3, 0.4) is 0 Å². The summed E-state index contributed by atoms with van der Waals surface area (Å²) in [5, 5.41) is 3.48. The first-order chi connectivity index (χ1) is 11.3. The van der Waals surface area contributed by atoms with E-state index in [0.717, 1.165) is 44.7 Å². The maximum absolute atomic E-state index is 5.31. The number of nitrogens with zero attached hydrogens (tertiary/aromatic N) is 3. The molecule has 0 aromatic carbocycles. The van der Waals surface area contributed by atoms with E-state index in [1.807, 2.05) is 0 Å². The number of ether oxygens (including phenoxy) is 1. The predicted molar refractivity (Wildman–Crippen MR) is 97.0 cm³/mol. The van der Waals surface area contributed by atoms with Gasteiger partial charge >= 0.3 is 0 Å². The Hall–Kier alpha value is -0.810. The fraction of sp³-hybridized carbons (Fsp3) is 0.944. The first-order valence-corrected chi connectivity index (χ1v) is 9.51. The number of piperidine rings is 1. The molecule has 1 N–H and O–H groups in total. The molecule has 1 atom stereocenters. The molecule has 134 valence electrons. The normalized spacial score (nSPS) is 24.4. The molecule has 23 heavy (non-hydrogen) atoms. The molecule has 0 radical (unpaired) electrons. The molecule has 1 unspecified atom stereocenters. The minimum atomic E-state index is 0.654. The van der Waals surface area contributed by atoms with Gasteiger partial charge in [-0.1, -0.05) is 6.92 Å². The van der Waals surface area contributed by atoms with Crippen LogP contribution < -0.4 is 5.32 Å². The van der Waals surface area contributed by atoms with Crippen LogP contribution >= 0.6 is 0 Å². The summed E-state index contributed by atoms with van der Waals surface area (Å²) in [6.45, 7) is 13.2. The van der Waals surface area contributed by atoms with Gasteiger partial charge in [-0.2, -0.15) is 0 Å². The number of guanidine groups is 1. The number of aliphatic imine (C=N–C) groups is 1. The summed E-state index contributed by atoms with van der Waals surface area (Å²) in [5.41, 5.74) is 0. The highest BCUT2D eigenvalue weighted by molar-refractivity contribution is 5.80. The molecule has 0 spiro atoms. The second-order valence-electron chi connectivity index (χ2n) is 7.04. The van der Waals surface area contributed by atoms with Crippen molar-refractivity contribution in [2.45, 2.75) is 39.5 Å². The lowest BCUT2D eigenvalue weighted by atomic mass is 9.97. The number of nitrogens with one attached hydrogen (secondary N) is 1. The molecule has 0 amide bonds. The maximum atomic E-state index is 5.31. The number of hydrogen-bond acceptors (Lipinski definition) is 3. The van der Waals surface area contributed by atoms with Gasteiger partial charge in [0.05, 0.1) is 6.61 Å². The minimum Gasteiger partial charge on any atom is -0.384 e. The summed E-state index contributed by atoms with van der Waals surface area (Å²) >= 11 is 0. The van der Waals surface area contributed by atoms with Crippen LogP contribution in [-0.2, 0) is 4.74 Å². The van der Waals surface area contributed by atoms with E-state index >= 15 is 0 Å². The molecule has 2 heterocycles. The summed E-state index contributed by atoms with van der Waals surface area (Å²) in [6.07, 6.45) is 5.09. The van der Waals surface area contributed by atoms with Gasteiger partial charge in [-0.15, -0.1) is 0 Å². The second kappa shape index (κ2) is 10.1. The molecule has 0 aromatic rings.